The standard InChI is InChI=1S/C28H40FO2PS/c1-25(2,3)17-13-19(27(7,8)9)23-21(15-17)33-22-16-18(26(4,5)6)14-20(28(10,11)12)24(22)31-32(29)30-23/h13-16H,1-12H3. The van der Waals surface area contributed by atoms with E-state index in [1.165, 1.54) is 11.1 Å². The maximum absolute atomic E-state index is 15.4. The Morgan fingerprint density at radius 3 is 1.18 bits per heavy atom. The average Bonchev–Trinajstić information content (AvgIpc) is 2.58. The molecule has 0 bridgehead atoms. The van der Waals surface area contributed by atoms with Gasteiger partial charge in [-0.15, -0.1) is 4.20 Å². The summed E-state index contributed by atoms with van der Waals surface area (Å²) >= 11 is 1.63. The van der Waals surface area contributed by atoms with Crippen LogP contribution in [0.5, 0.6) is 11.5 Å². The second-order valence-electron chi connectivity index (χ2n) is 13.2. The van der Waals surface area contributed by atoms with E-state index in [0.717, 1.165) is 20.9 Å². The molecule has 1 aliphatic rings. The van der Waals surface area contributed by atoms with Crippen LogP contribution < -0.4 is 9.05 Å². The largest absolute Gasteiger partial charge is 0.505 e. The molecule has 5 heteroatoms. The van der Waals surface area contributed by atoms with Gasteiger partial charge in [-0.3, -0.25) is 0 Å². The second kappa shape index (κ2) is 8.45. The van der Waals surface area contributed by atoms with Gasteiger partial charge in [0, 0.05) is 11.1 Å². The van der Waals surface area contributed by atoms with Crippen molar-refractivity contribution in [3.05, 3.63) is 46.5 Å². The first-order chi connectivity index (χ1) is 14.8. The van der Waals surface area contributed by atoms with Gasteiger partial charge in [0.2, 0.25) is 0 Å². The van der Waals surface area contributed by atoms with Crippen molar-refractivity contribution in [3.8, 4) is 11.5 Å². The molecule has 1 heterocycles. The van der Waals surface area contributed by atoms with Crippen molar-refractivity contribution in [2.75, 3.05) is 0 Å². The second-order valence-corrected chi connectivity index (χ2v) is 15.1. The third-order valence-electron chi connectivity index (χ3n) is 6.00. The van der Waals surface area contributed by atoms with E-state index in [1.807, 2.05) is 0 Å². The third kappa shape index (κ3) is 5.70. The molecule has 2 aromatic rings. The van der Waals surface area contributed by atoms with Crippen LogP contribution in [0.1, 0.15) is 105 Å². The summed E-state index contributed by atoms with van der Waals surface area (Å²) in [6.45, 7) is 26.1. The Balaban J connectivity index is 2.36. The zero-order chi connectivity index (χ0) is 25.1. The van der Waals surface area contributed by atoms with Crippen LogP contribution in [-0.4, -0.2) is 0 Å². The minimum atomic E-state index is -2.62. The molecule has 0 N–H and O–H groups in total. The van der Waals surface area contributed by atoms with E-state index in [0.29, 0.717) is 11.5 Å². The van der Waals surface area contributed by atoms with Crippen molar-refractivity contribution in [3.63, 3.8) is 0 Å². The Labute approximate surface area is 206 Å². The Morgan fingerprint density at radius 2 is 0.909 bits per heavy atom. The number of halogens is 1. The van der Waals surface area contributed by atoms with Crippen LogP contribution in [0.25, 0.3) is 0 Å². The fourth-order valence-corrected chi connectivity index (χ4v) is 5.74. The predicted octanol–water partition coefficient (Wildman–Crippen LogP) is 10.00. The van der Waals surface area contributed by atoms with Gasteiger partial charge < -0.3 is 9.05 Å². The van der Waals surface area contributed by atoms with E-state index < -0.39 is 8.69 Å². The molecule has 2 aromatic carbocycles. The van der Waals surface area contributed by atoms with Gasteiger partial charge in [0.25, 0.3) is 0 Å². The molecular weight excluding hydrogens is 450 g/mol. The SMILES string of the molecule is CC(C)(C)c1cc2c(c(C(C)(C)C)c1)OP(F)Oc1c(cc(C(C)(C)C)cc1C(C)(C)C)S2. The number of hydrogen-bond donors (Lipinski definition) is 0. The lowest BCUT2D eigenvalue weighted by molar-refractivity contribution is 0.406. The smallest absolute Gasteiger partial charge is 0.413 e. The minimum Gasteiger partial charge on any atom is -0.413 e. The summed E-state index contributed by atoms with van der Waals surface area (Å²) in [6.07, 6.45) is 0. The molecule has 0 aromatic heterocycles. The molecule has 33 heavy (non-hydrogen) atoms. The topological polar surface area (TPSA) is 18.5 Å². The van der Waals surface area contributed by atoms with Crippen molar-refractivity contribution in [2.45, 2.75) is 115 Å². The molecule has 0 saturated heterocycles. The van der Waals surface area contributed by atoms with E-state index in [2.05, 4.69) is 107 Å². The highest BCUT2D eigenvalue weighted by Gasteiger charge is 2.34. The van der Waals surface area contributed by atoms with E-state index in [1.54, 1.807) is 11.8 Å². The highest BCUT2D eigenvalue weighted by Crippen LogP contribution is 2.57. The average molecular weight is 491 g/mol. The monoisotopic (exact) mass is 490 g/mol. The number of fused-ring (bicyclic) bond motifs is 2. The molecule has 182 valence electrons. The lowest BCUT2D eigenvalue weighted by Gasteiger charge is -2.33. The molecule has 0 unspecified atom stereocenters. The lowest BCUT2D eigenvalue weighted by Crippen LogP contribution is -2.20. The molecule has 3 rings (SSSR count). The molecule has 0 amide bonds. The third-order valence-corrected chi connectivity index (χ3v) is 7.70. The van der Waals surface area contributed by atoms with Crippen molar-refractivity contribution < 1.29 is 13.2 Å². The Hall–Kier alpha value is -1.25. The maximum Gasteiger partial charge on any atom is 0.505 e. The van der Waals surface area contributed by atoms with E-state index in [9.17, 15) is 0 Å². The zero-order valence-corrected chi connectivity index (χ0v) is 24.1. The fraction of sp³-hybridized carbons (Fsp3) is 0.571. The van der Waals surface area contributed by atoms with E-state index in [4.69, 9.17) is 9.05 Å². The first-order valence-electron chi connectivity index (χ1n) is 11.7. The van der Waals surface area contributed by atoms with Gasteiger partial charge in [0.15, 0.2) is 0 Å². The van der Waals surface area contributed by atoms with Crippen LogP contribution in [0.3, 0.4) is 0 Å². The van der Waals surface area contributed by atoms with Crippen LogP contribution in [0.2, 0.25) is 0 Å². The van der Waals surface area contributed by atoms with Crippen LogP contribution in [0.4, 0.5) is 4.20 Å². The van der Waals surface area contributed by atoms with E-state index >= 15 is 4.20 Å². The van der Waals surface area contributed by atoms with Crippen LogP contribution in [0.15, 0.2) is 34.1 Å². The van der Waals surface area contributed by atoms with Gasteiger partial charge in [0.1, 0.15) is 11.5 Å². The van der Waals surface area contributed by atoms with Crippen molar-refractivity contribution in [2.24, 2.45) is 0 Å². The lowest BCUT2D eigenvalue weighted by atomic mass is 9.80. The van der Waals surface area contributed by atoms with Crippen molar-refractivity contribution in [1.29, 1.82) is 0 Å². The minimum absolute atomic E-state index is 0.0401. The molecule has 2 nitrogen and oxygen atoms in total. The van der Waals surface area contributed by atoms with Crippen LogP contribution in [-0.2, 0) is 21.7 Å². The maximum atomic E-state index is 15.4. The van der Waals surface area contributed by atoms with Crippen molar-refractivity contribution in [1.82, 2.24) is 0 Å². The van der Waals surface area contributed by atoms with Gasteiger partial charge in [-0.25, -0.2) is 0 Å². The molecule has 0 atom stereocenters. The Bertz CT molecular complexity index is 967. The number of hydrogen-bond acceptors (Lipinski definition) is 3. The fourth-order valence-electron chi connectivity index (χ4n) is 3.81. The summed E-state index contributed by atoms with van der Waals surface area (Å²) in [5.41, 5.74) is 3.98. The van der Waals surface area contributed by atoms with Gasteiger partial charge in [-0.1, -0.05) is 107 Å². The van der Waals surface area contributed by atoms with Gasteiger partial charge in [-0.05, 0) is 44.9 Å². The Kier molecular flexibility index (Phi) is 6.75. The quantitative estimate of drug-likeness (QED) is 0.342. The summed E-state index contributed by atoms with van der Waals surface area (Å²) in [7, 11) is -2.62. The molecule has 0 radical (unpaired) electrons. The van der Waals surface area contributed by atoms with Crippen LogP contribution in [0, 0.1) is 0 Å². The predicted molar refractivity (Wildman–Crippen MR) is 141 cm³/mol. The van der Waals surface area contributed by atoms with Gasteiger partial charge >= 0.3 is 8.69 Å². The van der Waals surface area contributed by atoms with Crippen LogP contribution >= 0.6 is 20.4 Å². The van der Waals surface area contributed by atoms with Gasteiger partial charge in [-0.2, -0.15) is 0 Å². The molecular formula is C28H40FO2PS. The molecule has 0 fully saturated rings. The summed E-state index contributed by atoms with van der Waals surface area (Å²) in [5.74, 6) is 1.22. The summed E-state index contributed by atoms with van der Waals surface area (Å²) in [5, 5.41) is 0. The first-order valence-corrected chi connectivity index (χ1v) is 13.5. The van der Waals surface area contributed by atoms with Crippen molar-refractivity contribution >= 4 is 20.4 Å². The summed E-state index contributed by atoms with van der Waals surface area (Å²) < 4.78 is 27.3. The number of rotatable bonds is 0. The molecule has 0 spiro atoms. The normalized spacial score (nSPS) is 15.7. The highest BCUT2D eigenvalue weighted by molar-refractivity contribution is 7.99. The molecule has 0 aliphatic carbocycles. The Morgan fingerprint density at radius 1 is 0.576 bits per heavy atom. The van der Waals surface area contributed by atoms with Gasteiger partial charge in [0.05, 0.1) is 9.79 Å². The van der Waals surface area contributed by atoms with E-state index in [-0.39, 0.29) is 21.7 Å². The molecule has 0 saturated carbocycles. The summed E-state index contributed by atoms with van der Waals surface area (Å²) in [4.78, 5) is 1.90. The zero-order valence-electron chi connectivity index (χ0n) is 22.4. The summed E-state index contributed by atoms with van der Waals surface area (Å²) in [6, 6.07) is 8.70. The molecule has 1 aliphatic heterocycles. The number of benzene rings is 2. The highest BCUT2D eigenvalue weighted by atomic mass is 32.2. The first kappa shape index (κ1) is 26.4.